The SMILES string of the molecule is C=CCOc1cccc(C2/C(=C(\O)c3ccc(OCC)c(C(C)(C)C)c3)C(=O)C(=O)N2CCOC)c1. The standard InChI is InChI=1S/C29H35NO6/c1-7-15-36-21-11-9-10-19(17-21)25-24(27(32)28(33)30(25)14-16-34-6)26(31)20-12-13-23(35-8-2)22(18-20)29(3,4)5/h7,9-13,17-18,25,31H,1,8,14-16H2,2-6H3/b26-24+. The van der Waals surface area contributed by atoms with E-state index in [4.69, 9.17) is 14.2 Å². The molecular formula is C29H35NO6. The van der Waals surface area contributed by atoms with Crippen molar-refractivity contribution in [3.63, 3.8) is 0 Å². The number of aliphatic hydroxyl groups excluding tert-OH is 1. The van der Waals surface area contributed by atoms with Gasteiger partial charge in [0.25, 0.3) is 11.7 Å². The zero-order valence-electron chi connectivity index (χ0n) is 21.7. The third-order valence-electron chi connectivity index (χ3n) is 5.98. The summed E-state index contributed by atoms with van der Waals surface area (Å²) >= 11 is 0. The summed E-state index contributed by atoms with van der Waals surface area (Å²) in [6, 6.07) is 11.7. The number of likely N-dealkylation sites (tertiary alicyclic amines) is 1. The van der Waals surface area contributed by atoms with Crippen LogP contribution in [0.4, 0.5) is 0 Å². The average Bonchev–Trinajstić information content (AvgIpc) is 3.10. The number of amides is 1. The molecule has 36 heavy (non-hydrogen) atoms. The van der Waals surface area contributed by atoms with Crippen molar-refractivity contribution in [2.45, 2.75) is 39.2 Å². The number of nitrogens with zero attached hydrogens (tertiary/aromatic N) is 1. The number of rotatable bonds is 10. The second-order valence-electron chi connectivity index (χ2n) is 9.55. The number of ether oxygens (including phenoxy) is 3. The van der Waals surface area contributed by atoms with Crippen LogP contribution in [0.3, 0.4) is 0 Å². The summed E-state index contributed by atoms with van der Waals surface area (Å²) in [5.74, 6) is -0.369. The van der Waals surface area contributed by atoms with Gasteiger partial charge in [-0.25, -0.2) is 0 Å². The molecule has 7 nitrogen and oxygen atoms in total. The maximum Gasteiger partial charge on any atom is 0.295 e. The third-order valence-corrected chi connectivity index (χ3v) is 5.98. The summed E-state index contributed by atoms with van der Waals surface area (Å²) in [4.78, 5) is 27.8. The average molecular weight is 494 g/mol. The van der Waals surface area contributed by atoms with E-state index in [-0.39, 0.29) is 29.9 Å². The molecule has 0 bridgehead atoms. The van der Waals surface area contributed by atoms with Crippen LogP contribution < -0.4 is 9.47 Å². The van der Waals surface area contributed by atoms with Crippen molar-refractivity contribution >= 4 is 17.4 Å². The van der Waals surface area contributed by atoms with Crippen LogP contribution in [-0.4, -0.2) is 55.2 Å². The van der Waals surface area contributed by atoms with Crippen LogP contribution in [0.5, 0.6) is 11.5 Å². The van der Waals surface area contributed by atoms with E-state index < -0.39 is 17.7 Å². The molecule has 0 saturated carbocycles. The lowest BCUT2D eigenvalue weighted by Crippen LogP contribution is -2.32. The minimum absolute atomic E-state index is 0.0287. The molecule has 1 fully saturated rings. The lowest BCUT2D eigenvalue weighted by molar-refractivity contribution is -0.140. The Bertz CT molecular complexity index is 1160. The van der Waals surface area contributed by atoms with Crippen LogP contribution in [0.2, 0.25) is 0 Å². The van der Waals surface area contributed by atoms with Gasteiger partial charge in [-0.1, -0.05) is 45.6 Å². The molecule has 3 rings (SSSR count). The van der Waals surface area contributed by atoms with Gasteiger partial charge in [0.1, 0.15) is 23.9 Å². The van der Waals surface area contributed by atoms with Crippen molar-refractivity contribution in [2.24, 2.45) is 0 Å². The van der Waals surface area contributed by atoms with Crippen molar-refractivity contribution in [2.75, 3.05) is 33.5 Å². The number of Topliss-reactive ketones (excluding diaryl/α,β-unsaturated/α-hetero) is 1. The van der Waals surface area contributed by atoms with Crippen LogP contribution in [0.1, 0.15) is 50.4 Å². The minimum Gasteiger partial charge on any atom is -0.507 e. The van der Waals surface area contributed by atoms with Crippen LogP contribution in [0.15, 0.2) is 60.7 Å². The van der Waals surface area contributed by atoms with Crippen molar-refractivity contribution in [3.05, 3.63) is 77.4 Å². The highest BCUT2D eigenvalue weighted by atomic mass is 16.5. The number of hydrogen-bond donors (Lipinski definition) is 1. The monoisotopic (exact) mass is 493 g/mol. The van der Waals surface area contributed by atoms with E-state index in [1.165, 1.54) is 12.0 Å². The Labute approximate surface area is 213 Å². The van der Waals surface area contributed by atoms with E-state index in [9.17, 15) is 14.7 Å². The van der Waals surface area contributed by atoms with Crippen LogP contribution in [0, 0.1) is 0 Å². The van der Waals surface area contributed by atoms with Crippen molar-refractivity contribution in [1.29, 1.82) is 0 Å². The van der Waals surface area contributed by atoms with E-state index in [2.05, 4.69) is 6.58 Å². The Balaban J connectivity index is 2.19. The molecule has 0 aromatic heterocycles. The molecule has 0 spiro atoms. The van der Waals surface area contributed by atoms with Crippen molar-refractivity contribution < 1.29 is 28.9 Å². The third kappa shape index (κ3) is 5.62. The van der Waals surface area contributed by atoms with Gasteiger partial charge in [-0.2, -0.15) is 0 Å². The van der Waals surface area contributed by atoms with Gasteiger partial charge in [0.15, 0.2) is 0 Å². The van der Waals surface area contributed by atoms with Gasteiger partial charge in [0.2, 0.25) is 0 Å². The molecule has 0 aliphatic carbocycles. The summed E-state index contributed by atoms with van der Waals surface area (Å²) < 4.78 is 16.7. The zero-order valence-corrected chi connectivity index (χ0v) is 21.7. The summed E-state index contributed by atoms with van der Waals surface area (Å²) in [5, 5.41) is 11.5. The number of carbonyl (C=O) groups excluding carboxylic acids is 2. The molecule has 1 saturated heterocycles. The quantitative estimate of drug-likeness (QED) is 0.217. The molecule has 192 valence electrons. The predicted octanol–water partition coefficient (Wildman–Crippen LogP) is 5.02. The number of benzene rings is 2. The number of carbonyl (C=O) groups is 2. The van der Waals surface area contributed by atoms with Gasteiger partial charge < -0.3 is 24.2 Å². The van der Waals surface area contributed by atoms with Gasteiger partial charge in [-0.05, 0) is 48.2 Å². The Morgan fingerprint density at radius 2 is 1.89 bits per heavy atom. The van der Waals surface area contributed by atoms with E-state index in [1.807, 2.05) is 39.8 Å². The number of ketones is 1. The fourth-order valence-electron chi connectivity index (χ4n) is 4.28. The number of methoxy groups -OCH3 is 1. The zero-order chi connectivity index (χ0) is 26.5. The van der Waals surface area contributed by atoms with Gasteiger partial charge in [-0.3, -0.25) is 9.59 Å². The second kappa shape index (κ2) is 11.4. The molecule has 2 aromatic rings. The van der Waals surface area contributed by atoms with Crippen LogP contribution >= 0.6 is 0 Å². The van der Waals surface area contributed by atoms with Gasteiger partial charge in [0.05, 0.1) is 24.8 Å². The highest BCUT2D eigenvalue weighted by Gasteiger charge is 2.46. The minimum atomic E-state index is -0.794. The molecule has 1 aliphatic heterocycles. The number of aliphatic hydroxyl groups is 1. The van der Waals surface area contributed by atoms with Crippen LogP contribution in [-0.2, 0) is 19.7 Å². The van der Waals surface area contributed by atoms with Gasteiger partial charge in [-0.15, -0.1) is 0 Å². The maximum atomic E-state index is 13.3. The fourth-order valence-corrected chi connectivity index (χ4v) is 4.28. The number of hydrogen-bond acceptors (Lipinski definition) is 6. The highest BCUT2D eigenvalue weighted by Crippen LogP contribution is 2.41. The Morgan fingerprint density at radius 1 is 1.14 bits per heavy atom. The molecule has 1 atom stereocenters. The first kappa shape index (κ1) is 27.0. The summed E-state index contributed by atoms with van der Waals surface area (Å²) in [7, 11) is 1.53. The fraction of sp³-hybridized carbons (Fsp3) is 0.379. The molecule has 1 unspecified atom stereocenters. The largest absolute Gasteiger partial charge is 0.507 e. The van der Waals surface area contributed by atoms with E-state index in [1.54, 1.807) is 36.4 Å². The molecular weight excluding hydrogens is 458 g/mol. The topological polar surface area (TPSA) is 85.3 Å². The highest BCUT2D eigenvalue weighted by molar-refractivity contribution is 6.46. The van der Waals surface area contributed by atoms with Gasteiger partial charge in [0, 0.05) is 24.8 Å². The van der Waals surface area contributed by atoms with E-state index in [0.29, 0.717) is 35.8 Å². The lowest BCUT2D eigenvalue weighted by Gasteiger charge is -2.26. The Hall–Kier alpha value is -3.58. The summed E-state index contributed by atoms with van der Waals surface area (Å²) in [6.45, 7) is 13.0. The Kier molecular flexibility index (Phi) is 8.58. The maximum absolute atomic E-state index is 13.3. The van der Waals surface area contributed by atoms with E-state index >= 15 is 0 Å². The first-order valence-electron chi connectivity index (χ1n) is 12.0. The molecule has 2 aromatic carbocycles. The van der Waals surface area contributed by atoms with Gasteiger partial charge >= 0.3 is 0 Å². The van der Waals surface area contributed by atoms with Crippen LogP contribution in [0.25, 0.3) is 5.76 Å². The van der Waals surface area contributed by atoms with Crippen molar-refractivity contribution in [1.82, 2.24) is 4.90 Å². The summed E-state index contributed by atoms with van der Waals surface area (Å²) in [6.07, 6.45) is 1.63. The second-order valence-corrected chi connectivity index (χ2v) is 9.55. The molecule has 0 radical (unpaired) electrons. The summed E-state index contributed by atoms with van der Waals surface area (Å²) in [5.41, 5.74) is 1.73. The molecule has 1 aliphatic rings. The van der Waals surface area contributed by atoms with Crippen molar-refractivity contribution in [3.8, 4) is 11.5 Å². The van der Waals surface area contributed by atoms with E-state index in [0.717, 1.165) is 5.56 Å². The first-order valence-corrected chi connectivity index (χ1v) is 12.0. The first-order chi connectivity index (χ1) is 17.1. The molecule has 1 heterocycles. The Morgan fingerprint density at radius 3 is 2.53 bits per heavy atom. The molecule has 1 N–H and O–H groups in total. The smallest absolute Gasteiger partial charge is 0.295 e. The molecule has 1 amide bonds. The lowest BCUT2D eigenvalue weighted by atomic mass is 9.84. The normalized spacial score (nSPS) is 17.4. The predicted molar refractivity (Wildman–Crippen MR) is 139 cm³/mol. The molecule has 7 heteroatoms.